The van der Waals surface area contributed by atoms with E-state index in [-0.39, 0.29) is 27.2 Å². The Labute approximate surface area is 177 Å². The maximum atomic E-state index is 13.1. The van der Waals surface area contributed by atoms with Gasteiger partial charge in [-0.05, 0) is 55.0 Å². The van der Waals surface area contributed by atoms with Gasteiger partial charge in [0.15, 0.2) is 16.6 Å². The summed E-state index contributed by atoms with van der Waals surface area (Å²) >= 11 is 11.2. The fourth-order valence-corrected chi connectivity index (χ4v) is 3.27. The Kier molecular flexibility index (Phi) is 6.05. The highest BCUT2D eigenvalue weighted by molar-refractivity contribution is 7.80. The maximum Gasteiger partial charge on any atom is 0.270 e. The van der Waals surface area contributed by atoms with Gasteiger partial charge in [-0.25, -0.2) is 0 Å². The lowest BCUT2D eigenvalue weighted by Gasteiger charge is -2.29. The van der Waals surface area contributed by atoms with Crippen LogP contribution in [0, 0.1) is 0 Å². The van der Waals surface area contributed by atoms with Gasteiger partial charge in [-0.15, -0.1) is 0 Å². The minimum atomic E-state index is -0.639. The predicted octanol–water partition coefficient (Wildman–Crippen LogP) is 3.28. The number of anilines is 1. The number of aromatic hydroxyl groups is 1. The molecule has 1 heterocycles. The number of amides is 2. The van der Waals surface area contributed by atoms with E-state index in [4.69, 9.17) is 33.3 Å². The Morgan fingerprint density at radius 1 is 1.28 bits per heavy atom. The van der Waals surface area contributed by atoms with Gasteiger partial charge in [0.25, 0.3) is 11.8 Å². The normalized spacial score (nSPS) is 15.5. The number of hydrogen-bond acceptors (Lipinski definition) is 6. The topological polar surface area (TPSA) is 88.1 Å². The molecule has 0 bridgehead atoms. The Hall–Kier alpha value is -3.10. The molecule has 2 aromatic carbocycles. The average molecular weight is 433 g/mol. The van der Waals surface area contributed by atoms with Crippen LogP contribution >= 0.6 is 23.8 Å². The third kappa shape index (κ3) is 4.18. The van der Waals surface area contributed by atoms with E-state index in [9.17, 15) is 14.7 Å². The van der Waals surface area contributed by atoms with E-state index in [0.29, 0.717) is 23.6 Å². The number of carbonyl (C=O) groups is 2. The molecule has 0 unspecified atom stereocenters. The lowest BCUT2D eigenvalue weighted by molar-refractivity contribution is -0.122. The first kappa shape index (κ1) is 20.6. The first-order chi connectivity index (χ1) is 13.8. The Morgan fingerprint density at radius 3 is 2.72 bits per heavy atom. The third-order valence-corrected chi connectivity index (χ3v) is 4.64. The van der Waals surface area contributed by atoms with E-state index in [1.165, 1.54) is 30.2 Å². The number of methoxy groups -OCH3 is 1. The van der Waals surface area contributed by atoms with Crippen LogP contribution in [0.4, 0.5) is 5.69 Å². The summed E-state index contributed by atoms with van der Waals surface area (Å²) in [4.78, 5) is 26.7. The van der Waals surface area contributed by atoms with Crippen molar-refractivity contribution >= 4 is 52.5 Å². The molecule has 1 saturated heterocycles. The molecule has 2 N–H and O–H groups in total. The van der Waals surface area contributed by atoms with Gasteiger partial charge in [0.05, 0.1) is 24.4 Å². The smallest absolute Gasteiger partial charge is 0.270 e. The molecule has 0 spiro atoms. The van der Waals surface area contributed by atoms with Crippen LogP contribution < -0.4 is 19.7 Å². The number of hydrogen-bond donors (Lipinski definition) is 2. The number of benzene rings is 2. The molecule has 3 rings (SSSR count). The maximum absolute atomic E-state index is 13.1. The van der Waals surface area contributed by atoms with Crippen LogP contribution in [0.3, 0.4) is 0 Å². The van der Waals surface area contributed by atoms with Crippen molar-refractivity contribution < 1.29 is 24.2 Å². The highest BCUT2D eigenvalue weighted by atomic mass is 35.5. The first-order valence-electron chi connectivity index (χ1n) is 8.56. The summed E-state index contributed by atoms with van der Waals surface area (Å²) in [5.74, 6) is -0.787. The summed E-state index contributed by atoms with van der Waals surface area (Å²) in [6, 6.07) is 9.69. The minimum Gasteiger partial charge on any atom is -0.503 e. The van der Waals surface area contributed by atoms with E-state index in [1.807, 2.05) is 6.92 Å². The number of rotatable bonds is 5. The number of ether oxygens (including phenoxy) is 2. The van der Waals surface area contributed by atoms with E-state index in [1.54, 1.807) is 24.3 Å². The highest BCUT2D eigenvalue weighted by Gasteiger charge is 2.34. The van der Waals surface area contributed by atoms with E-state index < -0.39 is 11.8 Å². The summed E-state index contributed by atoms with van der Waals surface area (Å²) < 4.78 is 10.5. The standard InChI is InChI=1S/C20H17ClN2O5S/c1-3-28-13-6-4-5-12(10-13)23-19(26)14(18(25)22-20(23)29)7-11-8-15(21)17(24)16(9-11)27-2/h4-10,24H,3H2,1-2H3,(H,22,25,29). The fourth-order valence-electron chi connectivity index (χ4n) is 2.77. The van der Waals surface area contributed by atoms with Gasteiger partial charge in [0.1, 0.15) is 11.3 Å². The first-order valence-corrected chi connectivity index (χ1v) is 9.35. The molecule has 0 atom stereocenters. The van der Waals surface area contributed by atoms with Crippen LogP contribution in [0.15, 0.2) is 42.0 Å². The summed E-state index contributed by atoms with van der Waals surface area (Å²) in [6.07, 6.45) is 1.35. The van der Waals surface area contributed by atoms with Crippen molar-refractivity contribution in [2.45, 2.75) is 6.92 Å². The number of phenolic OH excluding ortho intramolecular Hbond substituents is 1. The van der Waals surface area contributed by atoms with Crippen LogP contribution in [0.1, 0.15) is 12.5 Å². The zero-order valence-corrected chi connectivity index (χ0v) is 17.1. The van der Waals surface area contributed by atoms with E-state index >= 15 is 0 Å². The number of thiocarbonyl (C=S) groups is 1. The zero-order chi connectivity index (χ0) is 21.1. The lowest BCUT2D eigenvalue weighted by Crippen LogP contribution is -2.54. The van der Waals surface area contributed by atoms with Gasteiger partial charge in [-0.1, -0.05) is 17.7 Å². The van der Waals surface area contributed by atoms with Crippen LogP contribution in [-0.2, 0) is 9.59 Å². The van der Waals surface area contributed by atoms with Crippen molar-refractivity contribution in [1.29, 1.82) is 0 Å². The van der Waals surface area contributed by atoms with Gasteiger partial charge in [-0.3, -0.25) is 19.8 Å². The Morgan fingerprint density at radius 2 is 2.03 bits per heavy atom. The second-order valence-corrected chi connectivity index (χ2v) is 6.74. The number of nitrogens with one attached hydrogen (secondary N) is 1. The van der Waals surface area contributed by atoms with Gasteiger partial charge < -0.3 is 14.6 Å². The van der Waals surface area contributed by atoms with Gasteiger partial charge in [0.2, 0.25) is 0 Å². The fraction of sp³-hybridized carbons (Fsp3) is 0.150. The number of carbonyl (C=O) groups excluding carboxylic acids is 2. The van der Waals surface area contributed by atoms with Crippen LogP contribution in [0.5, 0.6) is 17.2 Å². The summed E-state index contributed by atoms with van der Waals surface area (Å²) in [7, 11) is 1.37. The molecular weight excluding hydrogens is 416 g/mol. The van der Waals surface area contributed by atoms with Crippen LogP contribution in [0.25, 0.3) is 6.08 Å². The quantitative estimate of drug-likeness (QED) is 0.428. The van der Waals surface area contributed by atoms with E-state index in [2.05, 4.69) is 5.32 Å². The Bertz CT molecular complexity index is 1040. The van der Waals surface area contributed by atoms with Gasteiger partial charge >= 0.3 is 0 Å². The zero-order valence-electron chi connectivity index (χ0n) is 15.6. The summed E-state index contributed by atoms with van der Waals surface area (Å²) in [6.45, 7) is 2.31. The number of phenols is 1. The number of halogens is 1. The van der Waals surface area contributed by atoms with Crippen molar-refractivity contribution in [2.24, 2.45) is 0 Å². The molecular formula is C20H17ClN2O5S. The largest absolute Gasteiger partial charge is 0.503 e. The lowest BCUT2D eigenvalue weighted by atomic mass is 10.1. The SMILES string of the molecule is CCOc1cccc(N2C(=O)C(=Cc3cc(Cl)c(O)c(OC)c3)C(=O)NC2=S)c1. The molecule has 7 nitrogen and oxygen atoms in total. The average Bonchev–Trinajstić information content (AvgIpc) is 2.68. The van der Waals surface area contributed by atoms with Crippen LogP contribution in [0.2, 0.25) is 5.02 Å². The molecule has 2 aromatic rings. The molecule has 1 fully saturated rings. The van der Waals surface area contributed by atoms with Crippen molar-refractivity contribution in [2.75, 3.05) is 18.6 Å². The molecule has 0 aliphatic carbocycles. The molecule has 150 valence electrons. The molecule has 0 aromatic heterocycles. The molecule has 0 saturated carbocycles. The molecule has 1 aliphatic rings. The van der Waals surface area contributed by atoms with Crippen molar-refractivity contribution in [1.82, 2.24) is 5.32 Å². The van der Waals surface area contributed by atoms with Crippen molar-refractivity contribution in [3.8, 4) is 17.2 Å². The number of nitrogens with zero attached hydrogens (tertiary/aromatic N) is 1. The minimum absolute atomic E-state index is 0.0247. The predicted molar refractivity (Wildman–Crippen MR) is 113 cm³/mol. The second kappa shape index (κ2) is 8.50. The van der Waals surface area contributed by atoms with Crippen molar-refractivity contribution in [3.63, 3.8) is 0 Å². The third-order valence-electron chi connectivity index (χ3n) is 4.07. The van der Waals surface area contributed by atoms with Crippen molar-refractivity contribution in [3.05, 3.63) is 52.6 Å². The second-order valence-electron chi connectivity index (χ2n) is 5.94. The molecule has 29 heavy (non-hydrogen) atoms. The van der Waals surface area contributed by atoms with Gasteiger partial charge in [-0.2, -0.15) is 0 Å². The van der Waals surface area contributed by atoms with Gasteiger partial charge in [0, 0.05) is 6.07 Å². The van der Waals surface area contributed by atoms with Crippen LogP contribution in [-0.4, -0.2) is 35.8 Å². The summed E-state index contributed by atoms with van der Waals surface area (Å²) in [5.41, 5.74) is 0.710. The molecule has 9 heteroatoms. The molecule has 1 aliphatic heterocycles. The highest BCUT2D eigenvalue weighted by Crippen LogP contribution is 2.36. The van der Waals surface area contributed by atoms with E-state index in [0.717, 1.165) is 0 Å². The summed E-state index contributed by atoms with van der Waals surface area (Å²) in [5, 5.41) is 12.4. The Balaban J connectivity index is 2.02. The monoisotopic (exact) mass is 432 g/mol. The molecule has 2 amide bonds. The molecule has 0 radical (unpaired) electrons.